The molecule has 2 aliphatic rings. The van der Waals surface area contributed by atoms with Crippen LogP contribution >= 0.6 is 0 Å². The summed E-state index contributed by atoms with van der Waals surface area (Å²) in [7, 11) is 1.71. The van der Waals surface area contributed by atoms with Gasteiger partial charge in [0.1, 0.15) is 5.75 Å². The van der Waals surface area contributed by atoms with Gasteiger partial charge in [-0.1, -0.05) is 0 Å². The van der Waals surface area contributed by atoms with Gasteiger partial charge in [-0.25, -0.2) is 0 Å². The number of aromatic nitrogens is 1. The highest BCUT2D eigenvalue weighted by atomic mass is 16.5. The second kappa shape index (κ2) is 9.63. The predicted octanol–water partition coefficient (Wildman–Crippen LogP) is 4.06. The minimum Gasteiger partial charge on any atom is -0.496 e. The van der Waals surface area contributed by atoms with E-state index in [4.69, 9.17) is 19.7 Å². The molecule has 2 aromatic rings. The molecule has 1 fully saturated rings. The number of anilines is 1. The summed E-state index contributed by atoms with van der Waals surface area (Å²) in [6.45, 7) is 6.69. The molecule has 0 spiro atoms. The van der Waals surface area contributed by atoms with Gasteiger partial charge in [0.2, 0.25) is 0 Å². The van der Waals surface area contributed by atoms with Gasteiger partial charge < -0.3 is 19.7 Å². The Balaban J connectivity index is 1.58. The van der Waals surface area contributed by atoms with Gasteiger partial charge in [0.05, 0.1) is 38.3 Å². The highest BCUT2D eigenvalue weighted by Gasteiger charge is 2.22. The van der Waals surface area contributed by atoms with Crippen molar-refractivity contribution < 1.29 is 9.47 Å². The molecule has 6 heteroatoms. The Labute approximate surface area is 179 Å². The van der Waals surface area contributed by atoms with Crippen molar-refractivity contribution in [3.8, 4) is 11.8 Å². The maximum Gasteiger partial charge on any atom is 0.125 e. The Morgan fingerprint density at radius 2 is 2.07 bits per heavy atom. The molecule has 1 aromatic carbocycles. The fraction of sp³-hybridized carbons (Fsp3) is 0.583. The lowest BCUT2D eigenvalue weighted by Crippen LogP contribution is -2.23. The smallest absolute Gasteiger partial charge is 0.125 e. The van der Waals surface area contributed by atoms with E-state index in [-0.39, 0.29) is 6.04 Å². The number of nitrogens with zero attached hydrogens (tertiary/aromatic N) is 3. The lowest BCUT2D eigenvalue weighted by atomic mass is 10.0. The normalized spacial score (nSPS) is 17.1. The van der Waals surface area contributed by atoms with E-state index in [1.54, 1.807) is 7.11 Å². The number of methoxy groups -OCH3 is 1. The third-order valence-corrected chi connectivity index (χ3v) is 6.21. The number of hydrogen-bond acceptors (Lipinski definition) is 6. The number of likely N-dealkylation sites (tertiary alicyclic amines) is 1. The third-order valence-electron chi connectivity index (χ3n) is 6.21. The van der Waals surface area contributed by atoms with Crippen molar-refractivity contribution in [2.24, 2.45) is 0 Å². The zero-order valence-corrected chi connectivity index (χ0v) is 18.2. The molecular weight excluding hydrogens is 376 g/mol. The van der Waals surface area contributed by atoms with Crippen LogP contribution in [-0.2, 0) is 24.2 Å². The molecule has 1 aromatic heterocycles. The van der Waals surface area contributed by atoms with Crippen LogP contribution in [0.15, 0.2) is 12.1 Å². The molecule has 0 amide bonds. The zero-order valence-electron chi connectivity index (χ0n) is 18.2. The second-order valence-corrected chi connectivity index (χ2v) is 8.46. The van der Waals surface area contributed by atoms with Crippen molar-refractivity contribution in [2.45, 2.75) is 58.1 Å². The Morgan fingerprint density at radius 3 is 2.83 bits per heavy atom. The van der Waals surface area contributed by atoms with Crippen molar-refractivity contribution in [1.82, 2.24) is 9.88 Å². The predicted molar refractivity (Wildman–Crippen MR) is 119 cm³/mol. The summed E-state index contributed by atoms with van der Waals surface area (Å²) >= 11 is 0. The van der Waals surface area contributed by atoms with Crippen LogP contribution in [0.2, 0.25) is 0 Å². The van der Waals surface area contributed by atoms with Crippen molar-refractivity contribution in [2.75, 3.05) is 38.7 Å². The molecule has 0 saturated carbocycles. The lowest BCUT2D eigenvalue weighted by molar-refractivity contribution is 0.0979. The monoisotopic (exact) mass is 408 g/mol. The highest BCUT2D eigenvalue weighted by molar-refractivity contribution is 5.95. The molecule has 1 aliphatic carbocycles. The molecule has 0 radical (unpaired) electrons. The van der Waals surface area contributed by atoms with Crippen molar-refractivity contribution in [1.29, 1.82) is 5.26 Å². The average Bonchev–Trinajstić information content (AvgIpc) is 3.42. The number of ether oxygens (including phenoxy) is 2. The van der Waals surface area contributed by atoms with Crippen LogP contribution in [0.5, 0.6) is 5.75 Å². The van der Waals surface area contributed by atoms with Crippen molar-refractivity contribution in [3.63, 3.8) is 0 Å². The van der Waals surface area contributed by atoms with Crippen LogP contribution in [0.4, 0.5) is 5.69 Å². The van der Waals surface area contributed by atoms with Gasteiger partial charge in [-0.05, 0) is 69.8 Å². The van der Waals surface area contributed by atoms with E-state index in [1.165, 1.54) is 37.2 Å². The summed E-state index contributed by atoms with van der Waals surface area (Å²) in [5, 5.41) is 13.7. The van der Waals surface area contributed by atoms with E-state index in [0.717, 1.165) is 60.3 Å². The van der Waals surface area contributed by atoms with Gasteiger partial charge in [0.15, 0.2) is 0 Å². The number of pyridine rings is 1. The van der Waals surface area contributed by atoms with Crippen molar-refractivity contribution >= 4 is 16.6 Å². The van der Waals surface area contributed by atoms with Crippen LogP contribution < -0.4 is 10.1 Å². The second-order valence-electron chi connectivity index (χ2n) is 8.46. The molecule has 0 bridgehead atoms. The van der Waals surface area contributed by atoms with E-state index in [0.29, 0.717) is 13.0 Å². The van der Waals surface area contributed by atoms with E-state index in [9.17, 15) is 0 Å². The fourth-order valence-electron chi connectivity index (χ4n) is 4.62. The summed E-state index contributed by atoms with van der Waals surface area (Å²) < 4.78 is 11.7. The van der Waals surface area contributed by atoms with Gasteiger partial charge >= 0.3 is 0 Å². The highest BCUT2D eigenvalue weighted by Crippen LogP contribution is 2.37. The average molecular weight is 409 g/mol. The molecule has 1 N–H and O–H groups in total. The zero-order chi connectivity index (χ0) is 20.9. The summed E-state index contributed by atoms with van der Waals surface area (Å²) in [6, 6.07) is 6.55. The number of nitrogens with one attached hydrogen (secondary N) is 1. The maximum absolute atomic E-state index is 9.07. The summed E-state index contributed by atoms with van der Waals surface area (Å²) in [4.78, 5) is 7.43. The molecule has 2 heterocycles. The number of benzene rings is 1. The van der Waals surface area contributed by atoms with Gasteiger partial charge in [-0.15, -0.1) is 0 Å². The molecule has 1 unspecified atom stereocenters. The summed E-state index contributed by atoms with van der Waals surface area (Å²) in [5.41, 5.74) is 5.60. The van der Waals surface area contributed by atoms with Crippen molar-refractivity contribution in [3.05, 3.63) is 29.0 Å². The Bertz CT molecular complexity index is 931. The minimum absolute atomic E-state index is 0.0879. The Hall–Kier alpha value is -2.36. The number of aryl methyl sites for hydroxylation is 1. The molecule has 4 rings (SSSR count). The first kappa shape index (κ1) is 20.9. The van der Waals surface area contributed by atoms with E-state index in [1.807, 2.05) is 0 Å². The fourth-order valence-corrected chi connectivity index (χ4v) is 4.62. The quantitative estimate of drug-likeness (QED) is 0.631. The van der Waals surface area contributed by atoms with E-state index >= 15 is 0 Å². The maximum atomic E-state index is 9.07. The number of rotatable bonds is 9. The number of fused-ring (bicyclic) bond motifs is 2. The first-order chi connectivity index (χ1) is 14.7. The molecule has 1 aliphatic heterocycles. The van der Waals surface area contributed by atoms with Gasteiger partial charge in [0, 0.05) is 34.9 Å². The van der Waals surface area contributed by atoms with Crippen LogP contribution in [0, 0.1) is 11.3 Å². The number of nitriles is 1. The summed E-state index contributed by atoms with van der Waals surface area (Å²) in [6.07, 6.45) is 6.25. The first-order valence-electron chi connectivity index (χ1n) is 11.2. The third kappa shape index (κ3) is 4.53. The SMILES string of the molecule is COc1cc2c(NC(C)CC#N)c3c(nc2cc1COCCN1CCCC1)CCC3. The molecule has 160 valence electrons. The minimum atomic E-state index is 0.0879. The molecule has 6 nitrogen and oxygen atoms in total. The van der Waals surface area contributed by atoms with Crippen LogP contribution in [0.1, 0.15) is 49.4 Å². The van der Waals surface area contributed by atoms with Crippen LogP contribution in [-0.4, -0.2) is 49.3 Å². The van der Waals surface area contributed by atoms with E-state index in [2.05, 4.69) is 35.3 Å². The molecule has 1 atom stereocenters. The van der Waals surface area contributed by atoms with Crippen LogP contribution in [0.3, 0.4) is 0 Å². The Kier molecular flexibility index (Phi) is 6.71. The Morgan fingerprint density at radius 1 is 1.23 bits per heavy atom. The first-order valence-corrected chi connectivity index (χ1v) is 11.2. The molecular formula is C24H32N4O2. The molecule has 30 heavy (non-hydrogen) atoms. The lowest BCUT2D eigenvalue weighted by Gasteiger charge is -2.20. The molecule has 1 saturated heterocycles. The number of hydrogen-bond donors (Lipinski definition) is 1. The van der Waals surface area contributed by atoms with Gasteiger partial charge in [-0.3, -0.25) is 4.98 Å². The van der Waals surface area contributed by atoms with Gasteiger partial charge in [0.25, 0.3) is 0 Å². The summed E-state index contributed by atoms with van der Waals surface area (Å²) in [5.74, 6) is 0.833. The topological polar surface area (TPSA) is 70.4 Å². The largest absolute Gasteiger partial charge is 0.496 e. The van der Waals surface area contributed by atoms with Crippen LogP contribution in [0.25, 0.3) is 10.9 Å². The van der Waals surface area contributed by atoms with Gasteiger partial charge in [-0.2, -0.15) is 5.26 Å². The standard InChI is InChI=1S/C24H32N4O2/c1-17(8-9-25)26-24-19-6-5-7-21(19)27-22-14-18(23(29-2)15-20(22)24)16-30-13-12-28-10-3-4-11-28/h14-15,17H,3-8,10-13,16H2,1-2H3,(H,26,27). The van der Waals surface area contributed by atoms with E-state index < -0.39 is 0 Å².